The molecular weight excluding hydrogens is 276 g/mol. The topological polar surface area (TPSA) is 59.0 Å². The van der Waals surface area contributed by atoms with Crippen LogP contribution in [0.25, 0.3) is 0 Å². The van der Waals surface area contributed by atoms with Crippen molar-refractivity contribution >= 4 is 11.8 Å². The number of anilines is 1. The molecule has 0 aliphatic heterocycles. The summed E-state index contributed by atoms with van der Waals surface area (Å²) in [5, 5.41) is 10.6. The molecule has 4 bridgehead atoms. The van der Waals surface area contributed by atoms with Gasteiger partial charge in [-0.1, -0.05) is 0 Å². The zero-order valence-electron chi connectivity index (χ0n) is 13.5. The maximum Gasteiger partial charge on any atom is 0.320 e. The third-order valence-electron chi connectivity index (χ3n) is 6.05. The van der Waals surface area contributed by atoms with Gasteiger partial charge in [-0.25, -0.2) is 4.79 Å². The molecule has 120 valence electrons. The van der Waals surface area contributed by atoms with E-state index in [9.17, 15) is 4.79 Å². The van der Waals surface area contributed by atoms with E-state index in [0.29, 0.717) is 23.7 Å². The maximum absolute atomic E-state index is 12.3. The highest BCUT2D eigenvalue weighted by atomic mass is 16.2. The Balaban J connectivity index is 1.39. The predicted molar refractivity (Wildman–Crippen MR) is 85.6 cm³/mol. The lowest BCUT2D eigenvalue weighted by atomic mass is 9.54. The van der Waals surface area contributed by atoms with Crippen LogP contribution in [0.5, 0.6) is 0 Å². The Labute approximate surface area is 131 Å². The first-order valence-corrected chi connectivity index (χ1v) is 8.74. The van der Waals surface area contributed by atoms with Crippen LogP contribution in [-0.2, 0) is 6.54 Å². The second-order valence-corrected chi connectivity index (χ2v) is 7.54. The lowest BCUT2D eigenvalue weighted by Gasteiger charge is -2.54. The minimum Gasteiger partial charge on any atom is -0.335 e. The predicted octanol–water partition coefficient (Wildman–Crippen LogP) is 3.16. The van der Waals surface area contributed by atoms with Crippen LogP contribution in [0.3, 0.4) is 0 Å². The number of carbonyl (C=O) groups is 1. The molecule has 22 heavy (non-hydrogen) atoms. The highest BCUT2D eigenvalue weighted by Crippen LogP contribution is 2.53. The first kappa shape index (κ1) is 14.1. The fourth-order valence-corrected chi connectivity index (χ4v) is 5.36. The lowest BCUT2D eigenvalue weighted by molar-refractivity contribution is -0.00883. The van der Waals surface area contributed by atoms with Crippen molar-refractivity contribution in [3.05, 3.63) is 11.8 Å². The van der Waals surface area contributed by atoms with Gasteiger partial charge in [0.05, 0.1) is 0 Å². The van der Waals surface area contributed by atoms with E-state index in [1.165, 1.54) is 32.1 Å². The minimum atomic E-state index is -0.0850. The molecule has 0 atom stereocenters. The Bertz CT molecular complexity index is 551. The summed E-state index contributed by atoms with van der Waals surface area (Å²) in [5.41, 5.74) is 1.08. The van der Waals surface area contributed by atoms with E-state index in [4.69, 9.17) is 0 Å². The lowest BCUT2D eigenvalue weighted by Crippen LogP contribution is -2.56. The van der Waals surface area contributed by atoms with E-state index in [1.54, 1.807) is 0 Å². The molecule has 2 N–H and O–H groups in total. The molecule has 0 saturated heterocycles. The van der Waals surface area contributed by atoms with E-state index in [0.717, 1.165) is 24.1 Å². The SMILES string of the molecule is CCn1nc(NC(=O)NC2C3CC4CC(C3)CC2C4)cc1C. The van der Waals surface area contributed by atoms with Gasteiger partial charge >= 0.3 is 6.03 Å². The molecule has 0 radical (unpaired) electrons. The molecule has 1 aromatic rings. The first-order valence-electron chi connectivity index (χ1n) is 8.74. The summed E-state index contributed by atoms with van der Waals surface area (Å²) in [5.74, 6) is 3.94. The van der Waals surface area contributed by atoms with Gasteiger partial charge in [0.15, 0.2) is 5.82 Å². The summed E-state index contributed by atoms with van der Waals surface area (Å²) in [7, 11) is 0. The molecule has 4 fully saturated rings. The van der Waals surface area contributed by atoms with Gasteiger partial charge in [0.25, 0.3) is 0 Å². The van der Waals surface area contributed by atoms with Gasteiger partial charge in [-0.2, -0.15) is 5.10 Å². The molecule has 5 rings (SSSR count). The summed E-state index contributed by atoms with van der Waals surface area (Å²) in [6.45, 7) is 4.89. The monoisotopic (exact) mass is 302 g/mol. The number of amides is 2. The smallest absolute Gasteiger partial charge is 0.320 e. The number of hydrogen-bond donors (Lipinski definition) is 2. The number of nitrogens with one attached hydrogen (secondary N) is 2. The van der Waals surface area contributed by atoms with Gasteiger partial charge in [0.1, 0.15) is 0 Å². The van der Waals surface area contributed by atoms with Crippen molar-refractivity contribution in [2.24, 2.45) is 23.7 Å². The van der Waals surface area contributed by atoms with Crippen LogP contribution in [0.4, 0.5) is 10.6 Å². The number of aryl methyl sites for hydroxylation is 2. The van der Waals surface area contributed by atoms with Gasteiger partial charge in [-0.05, 0) is 69.6 Å². The van der Waals surface area contributed by atoms with E-state index < -0.39 is 0 Å². The molecule has 5 heteroatoms. The molecular formula is C17H26N4O. The molecule has 2 amide bonds. The molecule has 1 heterocycles. The zero-order valence-corrected chi connectivity index (χ0v) is 13.5. The molecule has 4 aliphatic carbocycles. The average Bonchev–Trinajstić information content (AvgIpc) is 2.81. The number of nitrogens with zero attached hydrogens (tertiary/aromatic N) is 2. The van der Waals surface area contributed by atoms with Crippen LogP contribution in [0.2, 0.25) is 0 Å². The van der Waals surface area contributed by atoms with Crippen molar-refractivity contribution in [2.45, 2.75) is 58.5 Å². The van der Waals surface area contributed by atoms with Gasteiger partial charge in [0.2, 0.25) is 0 Å². The van der Waals surface area contributed by atoms with Crippen LogP contribution >= 0.6 is 0 Å². The van der Waals surface area contributed by atoms with Gasteiger partial charge in [-0.3, -0.25) is 10.00 Å². The number of rotatable bonds is 3. The molecule has 0 spiro atoms. The van der Waals surface area contributed by atoms with E-state index in [1.807, 2.05) is 17.7 Å². The molecule has 5 nitrogen and oxygen atoms in total. The van der Waals surface area contributed by atoms with Crippen LogP contribution < -0.4 is 10.6 Å². The Morgan fingerprint density at radius 1 is 1.23 bits per heavy atom. The number of carbonyl (C=O) groups excluding carboxylic acids is 1. The highest BCUT2D eigenvalue weighted by molar-refractivity contribution is 5.88. The third kappa shape index (κ3) is 2.40. The molecule has 4 saturated carbocycles. The fourth-order valence-electron chi connectivity index (χ4n) is 5.36. The summed E-state index contributed by atoms with van der Waals surface area (Å²) in [4.78, 5) is 12.3. The largest absolute Gasteiger partial charge is 0.335 e. The van der Waals surface area contributed by atoms with Crippen molar-refractivity contribution in [3.8, 4) is 0 Å². The Hall–Kier alpha value is -1.52. The first-order chi connectivity index (χ1) is 10.6. The normalized spacial score (nSPS) is 35.6. The van der Waals surface area contributed by atoms with E-state index in [2.05, 4.69) is 22.7 Å². The van der Waals surface area contributed by atoms with Crippen molar-refractivity contribution in [3.63, 3.8) is 0 Å². The maximum atomic E-state index is 12.3. The zero-order chi connectivity index (χ0) is 15.3. The van der Waals surface area contributed by atoms with E-state index >= 15 is 0 Å². The van der Waals surface area contributed by atoms with Crippen molar-refractivity contribution in [2.75, 3.05) is 5.32 Å². The number of hydrogen-bond acceptors (Lipinski definition) is 2. The van der Waals surface area contributed by atoms with E-state index in [-0.39, 0.29) is 6.03 Å². The van der Waals surface area contributed by atoms with Crippen molar-refractivity contribution in [1.29, 1.82) is 0 Å². The second-order valence-electron chi connectivity index (χ2n) is 7.54. The average molecular weight is 302 g/mol. The fraction of sp³-hybridized carbons (Fsp3) is 0.765. The summed E-state index contributed by atoms with van der Waals surface area (Å²) < 4.78 is 1.90. The number of urea groups is 1. The summed E-state index contributed by atoms with van der Waals surface area (Å²) in [6, 6.07) is 2.22. The molecule has 1 aromatic heterocycles. The highest BCUT2D eigenvalue weighted by Gasteiger charge is 2.48. The summed E-state index contributed by atoms with van der Waals surface area (Å²) in [6.07, 6.45) is 6.73. The van der Waals surface area contributed by atoms with Gasteiger partial charge in [0, 0.05) is 24.3 Å². The second kappa shape index (κ2) is 5.28. The Kier molecular flexibility index (Phi) is 3.39. The summed E-state index contributed by atoms with van der Waals surface area (Å²) >= 11 is 0. The quantitative estimate of drug-likeness (QED) is 0.901. The van der Waals surface area contributed by atoms with Crippen LogP contribution in [0.15, 0.2) is 6.07 Å². The Morgan fingerprint density at radius 3 is 2.41 bits per heavy atom. The number of aromatic nitrogens is 2. The van der Waals surface area contributed by atoms with Crippen molar-refractivity contribution < 1.29 is 4.79 Å². The van der Waals surface area contributed by atoms with Crippen molar-refractivity contribution in [1.82, 2.24) is 15.1 Å². The van der Waals surface area contributed by atoms with Gasteiger partial charge in [-0.15, -0.1) is 0 Å². The minimum absolute atomic E-state index is 0.0850. The Morgan fingerprint density at radius 2 is 1.86 bits per heavy atom. The standard InChI is InChI=1S/C17H26N4O/c1-3-21-10(2)4-15(20-21)18-17(22)19-16-13-6-11-5-12(8-13)9-14(16)7-11/h4,11-14,16H,3,5-9H2,1-2H3,(H2,18,19,20,22). The molecule has 4 aliphatic rings. The molecule has 0 aromatic carbocycles. The molecule has 0 unspecified atom stereocenters. The third-order valence-corrected chi connectivity index (χ3v) is 6.05. The van der Waals surface area contributed by atoms with Crippen LogP contribution in [0, 0.1) is 30.6 Å². The van der Waals surface area contributed by atoms with Gasteiger partial charge < -0.3 is 5.32 Å². The van der Waals surface area contributed by atoms with Crippen LogP contribution in [-0.4, -0.2) is 21.9 Å². The van der Waals surface area contributed by atoms with Crippen LogP contribution in [0.1, 0.15) is 44.7 Å².